The van der Waals surface area contributed by atoms with Gasteiger partial charge >= 0.3 is 0 Å². The largest absolute Gasteiger partial charge is 0.361 e. The molecule has 0 unspecified atom stereocenters. The third-order valence-electron chi connectivity index (χ3n) is 16.4. The van der Waals surface area contributed by atoms with E-state index in [9.17, 15) is 31.2 Å². The molecule has 6 rings (SSSR count). The monoisotopic (exact) mass is 2150 g/mol. The molecule has 0 saturated carbocycles. The number of nitrogens with zero attached hydrogens (tertiary/aromatic N) is 2. The summed E-state index contributed by atoms with van der Waals surface area (Å²) in [6, 6.07) is 38.1. The lowest BCUT2D eigenvalue weighted by molar-refractivity contribution is -0.119. The molecule has 0 bridgehead atoms. The topological polar surface area (TPSA) is 187 Å². The lowest BCUT2D eigenvalue weighted by Crippen LogP contribution is -2.25. The van der Waals surface area contributed by atoms with Crippen molar-refractivity contribution < 1.29 is 31.2 Å². The SMILES string of the molecule is C.C.C.C.C.C.C.C.C.C.CC(C)(C)C#CCCC(=O)Cc1c[nH]c2ccccc12.CC(C)(C)C#CCCC(=O)Cc1ccc(Cl)c(Cl)c1.CC(C)(C)C#CCNCCS(C)(=O)=O.CC(C)(C)C#CCNCc1ccccc1.CC(C)(C)C#Cc1ccccn1.CC(C)NCC#CC(C)(C)C.CCC#CC(C)(C)C.CCC#CC(C)(C)C.CN(CC#CC(C)(C)C)CCS(C)(=O)=O.Cc1ccc(CC(=O)CCC#CC(C)(C)C)cc1. The molecule has 13 nitrogen and oxygen atoms in total. The van der Waals surface area contributed by atoms with Crippen LogP contribution >= 0.6 is 23.2 Å². The number of carbonyl (C=O) groups is 3. The maximum absolute atomic E-state index is 12.0. The van der Waals surface area contributed by atoms with Crippen LogP contribution < -0.4 is 16.0 Å². The molecule has 4 aromatic carbocycles. The number of H-pyrrole nitrogens is 1. The molecule has 150 heavy (non-hydrogen) atoms. The van der Waals surface area contributed by atoms with Crippen LogP contribution in [-0.4, -0.2) is 125 Å². The van der Waals surface area contributed by atoms with Crippen molar-refractivity contribution >= 4 is 71.1 Å². The summed E-state index contributed by atoms with van der Waals surface area (Å²) in [4.78, 5) is 44.8. The van der Waals surface area contributed by atoms with E-state index < -0.39 is 19.7 Å². The summed E-state index contributed by atoms with van der Waals surface area (Å²) >= 11 is 11.7. The summed E-state index contributed by atoms with van der Waals surface area (Å²) in [5, 5.41) is 11.6. The predicted octanol–water partition coefficient (Wildman–Crippen LogP) is 33.3. The lowest BCUT2D eigenvalue weighted by Gasteiger charge is -2.12. The maximum Gasteiger partial charge on any atom is 0.148 e. The van der Waals surface area contributed by atoms with Gasteiger partial charge in [0.2, 0.25) is 0 Å². The van der Waals surface area contributed by atoms with Gasteiger partial charge in [0.1, 0.15) is 42.7 Å². The van der Waals surface area contributed by atoms with Crippen LogP contribution in [0.1, 0.15) is 395 Å². The van der Waals surface area contributed by atoms with E-state index in [0.717, 1.165) is 65.8 Å². The summed E-state index contributed by atoms with van der Waals surface area (Å²) in [5.41, 5.74) is 8.25. The smallest absolute Gasteiger partial charge is 0.148 e. The summed E-state index contributed by atoms with van der Waals surface area (Å²) in [6.45, 7) is 77.7. The minimum Gasteiger partial charge on any atom is -0.361 e. The molecule has 0 aliphatic rings. The van der Waals surface area contributed by atoms with E-state index in [4.69, 9.17) is 23.2 Å². The standard InChI is InChI=1S/C18H21NO.C17H22O.C16H18Cl2O.C14H19N.C11H21NO2S.C11H13N.C10H19NO2S.C10H19N.2C8H14.10CH4/c1-18(2,3)11-7-6-8-15(20)12-14-13-19-17-10-5-4-9-16(14)17;1-14-8-10-15(11-9-14)13-16(18)7-5-6-12-17(2,3)4;1-16(2,3)9-5-4-6-13(19)10-12-7-8-14(17)15(18)11-12;1-14(2,3)10-7-11-15-12-13-8-5-4-6-9-13;1-11(2,3)7-6-8-12(4)9-10-15(5,13)14;1-11(2,3)8-7-10-6-4-5-9-12-10;1-10(2,3)6-5-7-11-8-9-14(4,12)13;1-9(2)11-8-6-7-10(3,4)5;2*1-5-6-7-8(2,3)4;;;;;;;;;;/h4-5,9-10,13,19H,6,8,12H2,1-3H3;8-11H,5,7,13H2,1-4H3;7-8,11H,4,6,10H2,1-3H3;4-6,8-9,15H,11-12H2,1-3H3;8-10H2,1-5H3;4-6,9H,1-3H3;11H,7-9H2,1-4H3;9,11H,8H2,1-5H3;2*5H2,1-4H3;10*1H4. The number of rotatable bonds is 25. The van der Waals surface area contributed by atoms with Crippen molar-refractivity contribution in [3.8, 4) is 118 Å². The lowest BCUT2D eigenvalue weighted by atomic mass is 9.97. The molecule has 0 atom stereocenters. The molecule has 17 heteroatoms. The van der Waals surface area contributed by atoms with E-state index in [1.54, 1.807) is 18.3 Å². The molecular weight excluding hydrogens is 1930 g/mol. The molecule has 2 heterocycles. The second kappa shape index (κ2) is 88.9. The molecular formula is C133H220Cl2N6O7S2. The first-order valence-electron chi connectivity index (χ1n) is 48.9. The number of aromatic amines is 1. The highest BCUT2D eigenvalue weighted by Crippen LogP contribution is 2.25. The number of hydrogen-bond acceptors (Lipinski definition) is 12. The van der Waals surface area contributed by atoms with Crippen molar-refractivity contribution in [3.05, 3.63) is 171 Å². The van der Waals surface area contributed by atoms with Crippen LogP contribution in [0.2, 0.25) is 10.0 Å². The zero-order valence-corrected chi connectivity index (χ0v) is 96.8. The van der Waals surface area contributed by atoms with Gasteiger partial charge in [0, 0.05) is 186 Å². The Bertz CT molecular complexity index is 5490. The summed E-state index contributed by atoms with van der Waals surface area (Å²) in [7, 11) is -3.84. The zero-order chi connectivity index (χ0) is 108. The Labute approximate surface area is 940 Å². The van der Waals surface area contributed by atoms with E-state index >= 15 is 0 Å². The number of ketones is 3. The third-order valence-corrected chi connectivity index (χ3v) is 19.0. The first kappa shape index (κ1) is 171. The molecule has 2 aromatic heterocycles. The van der Waals surface area contributed by atoms with Crippen molar-refractivity contribution in [3.63, 3.8) is 0 Å². The fourth-order valence-corrected chi connectivity index (χ4v) is 11.3. The first-order chi connectivity index (χ1) is 64.1. The molecule has 6 aromatic rings. The van der Waals surface area contributed by atoms with E-state index in [2.05, 4.69) is 383 Å². The molecule has 0 radical (unpaired) electrons. The number of pyridine rings is 1. The number of Topliss-reactive ketones (excluding diaryl/α,β-unsaturated/α-hetero) is 3. The van der Waals surface area contributed by atoms with Gasteiger partial charge in [0.05, 0.1) is 47.7 Å². The number of benzene rings is 4. The average Bonchev–Trinajstić information content (AvgIpc) is 1.69. The highest BCUT2D eigenvalue weighted by Gasteiger charge is 2.15. The number of aryl methyl sites for hydroxylation is 1. The Morgan fingerprint density at radius 1 is 0.393 bits per heavy atom. The van der Waals surface area contributed by atoms with E-state index in [-0.39, 0.29) is 157 Å². The van der Waals surface area contributed by atoms with Crippen LogP contribution in [0, 0.1) is 179 Å². The van der Waals surface area contributed by atoms with E-state index in [1.165, 1.54) is 23.6 Å². The average molecular weight is 2150 g/mol. The number of carbonyl (C=O) groups excluding carboxylic acids is 3. The molecule has 0 fully saturated rings. The van der Waals surface area contributed by atoms with Crippen molar-refractivity contribution in [2.45, 2.75) is 400 Å². The molecule has 0 spiro atoms. The van der Waals surface area contributed by atoms with Crippen LogP contribution in [0.3, 0.4) is 0 Å². The maximum atomic E-state index is 12.0. The number of halogens is 2. The van der Waals surface area contributed by atoms with Crippen LogP contribution in [0.25, 0.3) is 10.9 Å². The highest BCUT2D eigenvalue weighted by molar-refractivity contribution is 7.90. The molecule has 850 valence electrons. The van der Waals surface area contributed by atoms with Crippen LogP contribution in [-0.2, 0) is 59.9 Å². The quantitative estimate of drug-likeness (QED) is 0.0314. The van der Waals surface area contributed by atoms with Gasteiger partial charge in [-0.25, -0.2) is 21.8 Å². The Balaban J connectivity index is -0.000000115. The van der Waals surface area contributed by atoms with E-state index in [0.29, 0.717) is 100 Å². The van der Waals surface area contributed by atoms with Crippen LogP contribution in [0.15, 0.2) is 128 Å². The fraction of sp³-hybridized carbons (Fsp3) is 0.594. The van der Waals surface area contributed by atoms with Gasteiger partial charge in [-0.15, -0.1) is 29.6 Å². The second-order valence-corrected chi connectivity index (χ2v) is 50.3. The Morgan fingerprint density at radius 2 is 0.747 bits per heavy atom. The number of hydrogen-bond donors (Lipinski definition) is 4. The first-order valence-corrected chi connectivity index (χ1v) is 53.7. The second-order valence-electron chi connectivity index (χ2n) is 44.9. The third kappa shape index (κ3) is 129. The van der Waals surface area contributed by atoms with Gasteiger partial charge in [-0.05, 0) is 294 Å². The Hall–Kier alpha value is -9.50. The van der Waals surface area contributed by atoms with Gasteiger partial charge < -0.3 is 20.9 Å². The predicted molar refractivity (Wildman–Crippen MR) is 674 cm³/mol. The Morgan fingerprint density at radius 3 is 1.12 bits per heavy atom. The van der Waals surface area contributed by atoms with Gasteiger partial charge in [-0.3, -0.25) is 19.3 Å². The van der Waals surface area contributed by atoms with Crippen molar-refractivity contribution in [2.75, 3.05) is 70.3 Å². The van der Waals surface area contributed by atoms with Gasteiger partial charge in [0.15, 0.2) is 0 Å². The molecule has 0 amide bonds. The molecule has 0 aliphatic heterocycles. The molecule has 0 saturated heterocycles. The number of aromatic nitrogens is 2. The van der Waals surface area contributed by atoms with Crippen LogP contribution in [0.5, 0.6) is 0 Å². The molecule has 0 aliphatic carbocycles. The van der Waals surface area contributed by atoms with Crippen LogP contribution in [0.4, 0.5) is 0 Å². The zero-order valence-electron chi connectivity index (χ0n) is 93.7. The fourth-order valence-electron chi connectivity index (χ4n) is 9.85. The van der Waals surface area contributed by atoms with Crippen molar-refractivity contribution in [1.82, 2.24) is 30.8 Å². The minimum atomic E-state index is -2.86. The van der Waals surface area contributed by atoms with Crippen molar-refractivity contribution in [1.29, 1.82) is 0 Å². The summed E-state index contributed by atoms with van der Waals surface area (Å²) in [5.74, 6) is 62.9. The number of para-hydroxylation sites is 1. The van der Waals surface area contributed by atoms with Gasteiger partial charge in [0.25, 0.3) is 0 Å². The van der Waals surface area contributed by atoms with Crippen molar-refractivity contribution in [2.24, 2.45) is 54.1 Å². The normalized spacial score (nSPS) is 10.3. The van der Waals surface area contributed by atoms with Gasteiger partial charge in [-0.1, -0.05) is 285 Å². The number of nitrogens with one attached hydrogen (secondary N) is 4. The Kier molecular flexibility index (Phi) is 101. The van der Waals surface area contributed by atoms with E-state index in [1.807, 2.05) is 125 Å². The minimum absolute atomic E-state index is 0. The summed E-state index contributed by atoms with van der Waals surface area (Å²) in [6.07, 6.45) is 13.0. The highest BCUT2D eigenvalue weighted by atomic mass is 35.5. The molecule has 4 N–H and O–H groups in total. The van der Waals surface area contributed by atoms with Gasteiger partial charge in [-0.2, -0.15) is 0 Å². The summed E-state index contributed by atoms with van der Waals surface area (Å²) < 4.78 is 43.3. The number of sulfone groups is 2. The number of fused-ring (bicyclic) bond motifs is 1.